The number of carbonyl (C=O) groups excluding carboxylic acids is 1. The van der Waals surface area contributed by atoms with Crippen LogP contribution in [-0.2, 0) is 24.3 Å². The van der Waals surface area contributed by atoms with Gasteiger partial charge in [0, 0.05) is 19.4 Å². The second kappa shape index (κ2) is 8.11. The van der Waals surface area contributed by atoms with E-state index in [0.717, 1.165) is 4.57 Å². The molecule has 0 saturated carbocycles. The van der Waals surface area contributed by atoms with Crippen molar-refractivity contribution >= 4 is 5.91 Å². The van der Waals surface area contributed by atoms with Gasteiger partial charge in [-0.25, -0.2) is 4.98 Å². The van der Waals surface area contributed by atoms with Gasteiger partial charge in [-0.1, -0.05) is 6.07 Å². The zero-order valence-corrected chi connectivity index (χ0v) is 14.7. The summed E-state index contributed by atoms with van der Waals surface area (Å²) in [5, 5.41) is 0. The lowest BCUT2D eigenvalue weighted by atomic mass is 10.1. The van der Waals surface area contributed by atoms with Gasteiger partial charge < -0.3 is 18.9 Å². The van der Waals surface area contributed by atoms with E-state index >= 15 is 0 Å². The molecule has 0 atom stereocenters. The van der Waals surface area contributed by atoms with Crippen molar-refractivity contribution in [1.82, 2.24) is 14.5 Å². The normalized spacial score (nSPS) is 11.3. The highest BCUT2D eigenvalue weighted by Gasteiger charge is 2.29. The minimum atomic E-state index is -4.35. The molecule has 1 heterocycles. The molecule has 26 heavy (non-hydrogen) atoms. The van der Waals surface area contributed by atoms with E-state index in [4.69, 9.17) is 9.47 Å². The Hall–Kier alpha value is -2.71. The summed E-state index contributed by atoms with van der Waals surface area (Å²) >= 11 is 0. The number of halogens is 3. The number of imidazole rings is 1. The number of ether oxygens (including phenoxy) is 2. The van der Waals surface area contributed by atoms with Crippen LogP contribution in [0.3, 0.4) is 0 Å². The standard InChI is InChI=1S/C17H20F3N3O3/c1-22(10-15-21-6-7-23(15)11-17(18,19)20)16(24)9-12-4-5-13(25-2)14(8-12)26-3/h4-8H,9-11H2,1-3H3. The van der Waals surface area contributed by atoms with Crippen molar-refractivity contribution in [1.29, 1.82) is 0 Å². The lowest BCUT2D eigenvalue weighted by Crippen LogP contribution is -2.30. The molecule has 2 rings (SSSR count). The maximum Gasteiger partial charge on any atom is 0.406 e. The average Bonchev–Trinajstić information content (AvgIpc) is 2.99. The van der Waals surface area contributed by atoms with Crippen LogP contribution in [0.5, 0.6) is 11.5 Å². The number of methoxy groups -OCH3 is 2. The second-order valence-corrected chi connectivity index (χ2v) is 5.70. The molecule has 9 heteroatoms. The Bertz CT molecular complexity index is 759. The molecule has 0 aliphatic rings. The van der Waals surface area contributed by atoms with E-state index < -0.39 is 12.7 Å². The summed E-state index contributed by atoms with van der Waals surface area (Å²) in [6.45, 7) is -1.16. The number of hydrogen-bond acceptors (Lipinski definition) is 4. The van der Waals surface area contributed by atoms with Crippen molar-refractivity contribution in [3.05, 3.63) is 42.0 Å². The lowest BCUT2D eigenvalue weighted by Gasteiger charge is -2.19. The molecule has 0 bridgehead atoms. The van der Waals surface area contributed by atoms with E-state index in [1.807, 2.05) is 0 Å². The fourth-order valence-corrected chi connectivity index (χ4v) is 2.43. The minimum absolute atomic E-state index is 0.0186. The van der Waals surface area contributed by atoms with Crippen LogP contribution in [0, 0.1) is 0 Å². The van der Waals surface area contributed by atoms with Crippen LogP contribution in [0.15, 0.2) is 30.6 Å². The summed E-state index contributed by atoms with van der Waals surface area (Å²) in [6, 6.07) is 5.12. The predicted octanol–water partition coefficient (Wildman–Crippen LogP) is 2.66. The summed E-state index contributed by atoms with van der Waals surface area (Å²) in [5.41, 5.74) is 0.707. The molecular weight excluding hydrogens is 351 g/mol. The molecule has 0 saturated heterocycles. The van der Waals surface area contributed by atoms with E-state index in [0.29, 0.717) is 17.1 Å². The van der Waals surface area contributed by atoms with Gasteiger partial charge in [0.2, 0.25) is 5.91 Å². The topological polar surface area (TPSA) is 56.6 Å². The summed E-state index contributed by atoms with van der Waals surface area (Å²) in [4.78, 5) is 17.6. The molecule has 0 aliphatic heterocycles. The first-order valence-electron chi connectivity index (χ1n) is 7.75. The molecule has 1 aromatic heterocycles. The Kier molecular flexibility index (Phi) is 6.12. The molecule has 6 nitrogen and oxygen atoms in total. The van der Waals surface area contributed by atoms with Crippen LogP contribution in [-0.4, -0.2) is 47.8 Å². The summed E-state index contributed by atoms with van der Waals surface area (Å²) < 4.78 is 49.0. The van der Waals surface area contributed by atoms with Gasteiger partial charge in [0.1, 0.15) is 12.4 Å². The van der Waals surface area contributed by atoms with Crippen molar-refractivity contribution in [2.45, 2.75) is 25.7 Å². The first-order chi connectivity index (χ1) is 12.2. The van der Waals surface area contributed by atoms with Gasteiger partial charge >= 0.3 is 6.18 Å². The van der Waals surface area contributed by atoms with Crippen molar-refractivity contribution in [2.75, 3.05) is 21.3 Å². The van der Waals surface area contributed by atoms with E-state index in [2.05, 4.69) is 4.98 Å². The van der Waals surface area contributed by atoms with E-state index in [9.17, 15) is 18.0 Å². The smallest absolute Gasteiger partial charge is 0.406 e. The molecule has 0 aliphatic carbocycles. The van der Waals surface area contributed by atoms with Crippen LogP contribution in [0.25, 0.3) is 0 Å². The molecule has 142 valence electrons. The number of hydrogen-bond donors (Lipinski definition) is 0. The highest BCUT2D eigenvalue weighted by molar-refractivity contribution is 5.78. The molecule has 0 N–H and O–H groups in total. The van der Waals surface area contributed by atoms with Crippen LogP contribution >= 0.6 is 0 Å². The first kappa shape index (κ1) is 19.6. The zero-order valence-electron chi connectivity index (χ0n) is 14.7. The summed E-state index contributed by atoms with van der Waals surface area (Å²) in [6.07, 6.45) is -1.74. The Morgan fingerprint density at radius 1 is 1.23 bits per heavy atom. The Morgan fingerprint density at radius 2 is 1.92 bits per heavy atom. The Labute approximate surface area is 149 Å². The SMILES string of the molecule is COc1ccc(CC(=O)N(C)Cc2nccn2CC(F)(F)F)cc1OC. The van der Waals surface area contributed by atoms with Crippen LogP contribution < -0.4 is 9.47 Å². The highest BCUT2D eigenvalue weighted by Crippen LogP contribution is 2.28. The lowest BCUT2D eigenvalue weighted by molar-refractivity contribution is -0.141. The van der Waals surface area contributed by atoms with Crippen molar-refractivity contribution < 1.29 is 27.4 Å². The van der Waals surface area contributed by atoms with Gasteiger partial charge in [0.25, 0.3) is 0 Å². The summed E-state index contributed by atoms with van der Waals surface area (Å²) in [7, 11) is 4.53. The van der Waals surface area contributed by atoms with Crippen LogP contribution in [0.4, 0.5) is 13.2 Å². The van der Waals surface area contributed by atoms with Crippen molar-refractivity contribution in [2.24, 2.45) is 0 Å². The van der Waals surface area contributed by atoms with Gasteiger partial charge in [0.05, 0.1) is 27.2 Å². The van der Waals surface area contributed by atoms with Gasteiger partial charge in [-0.05, 0) is 17.7 Å². The minimum Gasteiger partial charge on any atom is -0.493 e. The fraction of sp³-hybridized carbons (Fsp3) is 0.412. The maximum absolute atomic E-state index is 12.6. The molecule has 0 fully saturated rings. The van der Waals surface area contributed by atoms with E-state index in [1.165, 1.54) is 38.6 Å². The third-order valence-electron chi connectivity index (χ3n) is 3.76. The Balaban J connectivity index is 2.04. The number of rotatable bonds is 7. The molecule has 0 spiro atoms. The fourth-order valence-electron chi connectivity index (χ4n) is 2.43. The van der Waals surface area contributed by atoms with Crippen molar-refractivity contribution in [3.8, 4) is 11.5 Å². The second-order valence-electron chi connectivity index (χ2n) is 5.70. The first-order valence-corrected chi connectivity index (χ1v) is 7.75. The molecule has 0 radical (unpaired) electrons. The number of aromatic nitrogens is 2. The third-order valence-corrected chi connectivity index (χ3v) is 3.76. The van der Waals surface area contributed by atoms with Gasteiger partial charge in [-0.2, -0.15) is 13.2 Å². The molecule has 1 aromatic carbocycles. The van der Waals surface area contributed by atoms with E-state index in [-0.39, 0.29) is 24.7 Å². The van der Waals surface area contributed by atoms with Crippen molar-refractivity contribution in [3.63, 3.8) is 0 Å². The largest absolute Gasteiger partial charge is 0.493 e. The van der Waals surface area contributed by atoms with Gasteiger partial charge in [-0.3, -0.25) is 4.79 Å². The molecule has 2 aromatic rings. The van der Waals surface area contributed by atoms with Crippen LogP contribution in [0.2, 0.25) is 0 Å². The maximum atomic E-state index is 12.6. The number of benzene rings is 1. The quantitative estimate of drug-likeness (QED) is 0.751. The van der Waals surface area contributed by atoms with Gasteiger partial charge in [0.15, 0.2) is 11.5 Å². The van der Waals surface area contributed by atoms with E-state index in [1.54, 1.807) is 18.2 Å². The Morgan fingerprint density at radius 3 is 2.54 bits per heavy atom. The average molecular weight is 371 g/mol. The number of likely N-dealkylation sites (N-methyl/N-ethyl adjacent to an activating group) is 1. The predicted molar refractivity (Wildman–Crippen MR) is 88.0 cm³/mol. The zero-order chi connectivity index (χ0) is 19.3. The number of carbonyl (C=O) groups is 1. The number of amides is 1. The monoisotopic (exact) mass is 371 g/mol. The molecule has 1 amide bonds. The number of alkyl halides is 3. The molecule has 0 unspecified atom stereocenters. The number of nitrogens with zero attached hydrogens (tertiary/aromatic N) is 3. The molecular formula is C17H20F3N3O3. The summed E-state index contributed by atoms with van der Waals surface area (Å²) in [5.74, 6) is 0.969. The van der Waals surface area contributed by atoms with Gasteiger partial charge in [-0.15, -0.1) is 0 Å². The highest BCUT2D eigenvalue weighted by atomic mass is 19.4. The van der Waals surface area contributed by atoms with Crippen LogP contribution in [0.1, 0.15) is 11.4 Å². The third kappa shape index (κ3) is 5.14.